The van der Waals surface area contributed by atoms with E-state index in [9.17, 15) is 4.79 Å². The molecule has 3 N–H and O–H groups in total. The van der Waals surface area contributed by atoms with Crippen LogP contribution in [-0.4, -0.2) is 14.9 Å². The molecule has 0 amide bonds. The third kappa shape index (κ3) is 2.70. The highest BCUT2D eigenvalue weighted by molar-refractivity contribution is 7.80. The van der Waals surface area contributed by atoms with Gasteiger partial charge in [0.1, 0.15) is 0 Å². The summed E-state index contributed by atoms with van der Waals surface area (Å²) in [6.45, 7) is 4.28. The van der Waals surface area contributed by atoms with E-state index < -0.39 is 0 Å². The average Bonchev–Trinajstić information content (AvgIpc) is 2.43. The van der Waals surface area contributed by atoms with Crippen LogP contribution in [0.3, 0.4) is 0 Å². The molecule has 5 heteroatoms. The van der Waals surface area contributed by atoms with Gasteiger partial charge < -0.3 is 5.73 Å². The van der Waals surface area contributed by atoms with E-state index in [1.165, 1.54) is 4.68 Å². The molecule has 1 aromatic rings. The van der Waals surface area contributed by atoms with Crippen LogP contribution in [0.15, 0.2) is 10.9 Å². The van der Waals surface area contributed by atoms with Gasteiger partial charge in [-0.1, -0.05) is 13.8 Å². The van der Waals surface area contributed by atoms with Crippen LogP contribution in [0.25, 0.3) is 0 Å². The highest BCUT2D eigenvalue weighted by Crippen LogP contribution is 2.04. The number of nitrogens with two attached hydrogens (primary N) is 1. The Morgan fingerprint density at radius 3 is 2.79 bits per heavy atom. The molecule has 0 aromatic carbocycles. The average molecular weight is 213 g/mol. The van der Waals surface area contributed by atoms with Gasteiger partial charge in [0, 0.05) is 11.8 Å². The van der Waals surface area contributed by atoms with E-state index in [0.717, 1.165) is 18.5 Å². The van der Waals surface area contributed by atoms with E-state index in [0.29, 0.717) is 5.92 Å². The predicted molar refractivity (Wildman–Crippen MR) is 60.4 cm³/mol. The van der Waals surface area contributed by atoms with E-state index in [2.05, 4.69) is 18.9 Å². The lowest BCUT2D eigenvalue weighted by Gasteiger charge is -2.01. The lowest BCUT2D eigenvalue weighted by molar-refractivity contribution is 0.579. The van der Waals surface area contributed by atoms with Gasteiger partial charge in [-0.15, -0.1) is 0 Å². The van der Waals surface area contributed by atoms with Gasteiger partial charge in [-0.05, 0) is 31.0 Å². The summed E-state index contributed by atoms with van der Waals surface area (Å²) in [5, 5.41) is 2.94. The normalized spacial score (nSPS) is 10.8. The summed E-state index contributed by atoms with van der Waals surface area (Å²) in [5.74, 6) is 0.617. The first-order valence-corrected chi connectivity index (χ1v) is 5.02. The van der Waals surface area contributed by atoms with Crippen LogP contribution in [0.4, 0.5) is 0 Å². The summed E-state index contributed by atoms with van der Waals surface area (Å²) >= 11 is 4.71. The van der Waals surface area contributed by atoms with Crippen LogP contribution in [0.1, 0.15) is 26.0 Å². The maximum atomic E-state index is 11.3. The fourth-order valence-corrected chi connectivity index (χ4v) is 1.32. The number of hydrogen-bond donors (Lipinski definition) is 2. The van der Waals surface area contributed by atoms with E-state index in [1.54, 1.807) is 6.07 Å². The van der Waals surface area contributed by atoms with Gasteiger partial charge in [0.25, 0.3) is 5.56 Å². The zero-order valence-corrected chi connectivity index (χ0v) is 9.23. The fourth-order valence-electron chi connectivity index (χ4n) is 1.18. The van der Waals surface area contributed by atoms with Crippen LogP contribution in [0.5, 0.6) is 0 Å². The fraction of sp³-hybridized carbons (Fsp3) is 0.556. The van der Waals surface area contributed by atoms with Crippen LogP contribution in [0.2, 0.25) is 0 Å². The van der Waals surface area contributed by atoms with Gasteiger partial charge in [0.2, 0.25) is 0 Å². The number of hydrogen-bond acceptors (Lipinski definition) is 2. The smallest absolute Gasteiger partial charge is 0.273 e. The topological polar surface area (TPSA) is 63.8 Å². The third-order valence-corrected chi connectivity index (χ3v) is 2.17. The van der Waals surface area contributed by atoms with Gasteiger partial charge in [-0.3, -0.25) is 9.89 Å². The number of nitrogens with one attached hydrogen (secondary N) is 1. The quantitative estimate of drug-likeness (QED) is 0.732. The number of aromatic nitrogens is 2. The minimum Gasteiger partial charge on any atom is -0.374 e. The molecule has 0 radical (unpaired) electrons. The monoisotopic (exact) mass is 213 g/mol. The van der Waals surface area contributed by atoms with E-state index >= 15 is 0 Å². The zero-order chi connectivity index (χ0) is 10.7. The maximum absolute atomic E-state index is 11.3. The van der Waals surface area contributed by atoms with Gasteiger partial charge in [-0.2, -0.15) is 4.68 Å². The molecule has 78 valence electrons. The standard InChI is InChI=1S/C9H15N3OS/c1-6(2)3-4-7-5-8(13)12(11-7)9(10)14/h5-6,11H,3-4H2,1-2H3,(H2,10,14). The Balaban J connectivity index is 2.76. The van der Waals surface area contributed by atoms with E-state index in [4.69, 9.17) is 18.0 Å². The summed E-state index contributed by atoms with van der Waals surface area (Å²) in [6, 6.07) is 1.54. The number of rotatable bonds is 3. The van der Waals surface area contributed by atoms with Crippen molar-refractivity contribution in [3.63, 3.8) is 0 Å². The second-order valence-corrected chi connectivity index (χ2v) is 4.14. The van der Waals surface area contributed by atoms with Gasteiger partial charge >= 0.3 is 0 Å². The zero-order valence-electron chi connectivity index (χ0n) is 8.41. The lowest BCUT2D eigenvalue weighted by atomic mass is 10.1. The summed E-state index contributed by atoms with van der Waals surface area (Å²) < 4.78 is 1.19. The molecule has 14 heavy (non-hydrogen) atoms. The molecule has 1 aromatic heterocycles. The van der Waals surface area contributed by atoms with Crippen molar-refractivity contribution in [1.29, 1.82) is 0 Å². The van der Waals surface area contributed by atoms with Crippen LogP contribution < -0.4 is 11.3 Å². The molecule has 0 atom stereocenters. The lowest BCUT2D eigenvalue weighted by Crippen LogP contribution is -2.29. The molecular weight excluding hydrogens is 198 g/mol. The molecule has 0 aliphatic rings. The van der Waals surface area contributed by atoms with Gasteiger partial charge in [0.05, 0.1) is 0 Å². The Labute approximate surface area is 88.1 Å². The molecule has 0 saturated carbocycles. The Bertz CT molecular complexity index is 378. The molecule has 0 fully saturated rings. The predicted octanol–water partition coefficient (Wildman–Crippen LogP) is 0.857. The Morgan fingerprint density at radius 2 is 2.36 bits per heavy atom. The minimum atomic E-state index is -0.184. The first-order chi connectivity index (χ1) is 6.50. The number of H-pyrrole nitrogens is 1. The van der Waals surface area contributed by atoms with Crippen molar-refractivity contribution < 1.29 is 0 Å². The van der Waals surface area contributed by atoms with Crippen molar-refractivity contribution in [1.82, 2.24) is 9.78 Å². The van der Waals surface area contributed by atoms with Crippen LogP contribution in [0, 0.1) is 5.92 Å². The number of thiocarbonyl (C=S) groups is 1. The SMILES string of the molecule is CC(C)CCc1cc(=O)n(C(N)=S)[nH]1. The Hall–Kier alpha value is -1.10. The second-order valence-electron chi connectivity index (χ2n) is 3.73. The van der Waals surface area contributed by atoms with Crippen LogP contribution in [-0.2, 0) is 6.42 Å². The second kappa shape index (κ2) is 4.41. The molecule has 0 spiro atoms. The number of nitrogens with zero attached hydrogens (tertiary/aromatic N) is 1. The minimum absolute atomic E-state index is 0.0609. The molecule has 1 heterocycles. The molecule has 0 aliphatic heterocycles. The summed E-state index contributed by atoms with van der Waals surface area (Å²) in [6.07, 6.45) is 1.89. The van der Waals surface area contributed by atoms with Gasteiger partial charge in [-0.25, -0.2) is 0 Å². The molecule has 4 nitrogen and oxygen atoms in total. The highest BCUT2D eigenvalue weighted by atomic mass is 32.1. The molecule has 0 saturated heterocycles. The highest BCUT2D eigenvalue weighted by Gasteiger charge is 2.05. The number of aromatic amines is 1. The molecule has 0 bridgehead atoms. The maximum Gasteiger partial charge on any atom is 0.273 e. The van der Waals surface area contributed by atoms with Gasteiger partial charge in [0.15, 0.2) is 5.11 Å². The largest absolute Gasteiger partial charge is 0.374 e. The Morgan fingerprint density at radius 1 is 1.71 bits per heavy atom. The van der Waals surface area contributed by atoms with Crippen molar-refractivity contribution in [2.24, 2.45) is 11.7 Å². The number of aryl methyl sites for hydroxylation is 1. The summed E-state index contributed by atoms with van der Waals surface area (Å²) in [5.41, 5.74) is 6.05. The molecule has 0 unspecified atom stereocenters. The van der Waals surface area contributed by atoms with Crippen molar-refractivity contribution in [2.75, 3.05) is 0 Å². The van der Waals surface area contributed by atoms with Crippen molar-refractivity contribution >= 4 is 17.3 Å². The first kappa shape index (κ1) is 11.0. The molecular formula is C9H15N3OS. The summed E-state index contributed by atoms with van der Waals surface area (Å²) in [4.78, 5) is 11.3. The summed E-state index contributed by atoms with van der Waals surface area (Å²) in [7, 11) is 0. The Kier molecular flexibility index (Phi) is 3.46. The van der Waals surface area contributed by atoms with Crippen molar-refractivity contribution in [2.45, 2.75) is 26.7 Å². The molecule has 0 aliphatic carbocycles. The third-order valence-electron chi connectivity index (χ3n) is 1.98. The van der Waals surface area contributed by atoms with E-state index in [1.807, 2.05) is 0 Å². The van der Waals surface area contributed by atoms with Crippen molar-refractivity contribution in [3.8, 4) is 0 Å². The van der Waals surface area contributed by atoms with E-state index in [-0.39, 0.29) is 10.7 Å². The van der Waals surface area contributed by atoms with Crippen LogP contribution >= 0.6 is 12.2 Å². The van der Waals surface area contributed by atoms with Crippen molar-refractivity contribution in [3.05, 3.63) is 22.1 Å². The first-order valence-electron chi connectivity index (χ1n) is 4.61. The molecule has 1 rings (SSSR count).